The highest BCUT2D eigenvalue weighted by Gasteiger charge is 2.36. The van der Waals surface area contributed by atoms with Crippen molar-refractivity contribution in [2.45, 2.75) is 31.8 Å². The molecule has 0 radical (unpaired) electrons. The van der Waals surface area contributed by atoms with Crippen LogP contribution in [0.1, 0.15) is 13.3 Å². The van der Waals surface area contributed by atoms with Crippen LogP contribution in [0.25, 0.3) is 0 Å². The van der Waals surface area contributed by atoms with E-state index >= 15 is 0 Å². The predicted molar refractivity (Wildman–Crippen MR) is 62.1 cm³/mol. The lowest BCUT2D eigenvalue weighted by molar-refractivity contribution is -0.128. The minimum atomic E-state index is -0.823. The van der Waals surface area contributed by atoms with E-state index in [1.165, 1.54) is 18.1 Å². The van der Waals surface area contributed by atoms with Gasteiger partial charge in [0.05, 0.1) is 12.7 Å². The van der Waals surface area contributed by atoms with Gasteiger partial charge >= 0.3 is 0 Å². The number of hydrogen-bond donors (Lipinski definition) is 3. The summed E-state index contributed by atoms with van der Waals surface area (Å²) in [6.45, 7) is 1.24. The van der Waals surface area contributed by atoms with E-state index in [4.69, 9.17) is 9.84 Å². The third-order valence-corrected chi connectivity index (χ3v) is 2.77. The van der Waals surface area contributed by atoms with Crippen molar-refractivity contribution in [3.8, 4) is 0 Å². The van der Waals surface area contributed by atoms with E-state index in [0.717, 1.165) is 0 Å². The molecule has 1 rings (SSSR count). The van der Waals surface area contributed by atoms with Gasteiger partial charge in [0.2, 0.25) is 12.3 Å². The van der Waals surface area contributed by atoms with Crippen LogP contribution in [0, 0.1) is 0 Å². The molecule has 1 aliphatic rings. The van der Waals surface area contributed by atoms with E-state index in [1.807, 2.05) is 0 Å². The predicted octanol–water partition coefficient (Wildman–Crippen LogP) is -1.44. The molecule has 18 heavy (non-hydrogen) atoms. The number of carbonyl (C=O) groups is 2. The van der Waals surface area contributed by atoms with E-state index in [1.54, 1.807) is 6.92 Å². The third kappa shape index (κ3) is 3.28. The molecule has 2 amide bonds. The molecule has 0 saturated carbocycles. The van der Waals surface area contributed by atoms with Gasteiger partial charge in [-0.1, -0.05) is 0 Å². The molecule has 1 saturated heterocycles. The lowest BCUT2D eigenvalue weighted by Gasteiger charge is -2.21. The summed E-state index contributed by atoms with van der Waals surface area (Å²) in [5.74, 6) is -0.306. The Hall–Kier alpha value is -1.44. The minimum Gasteiger partial charge on any atom is -0.394 e. The third-order valence-electron chi connectivity index (χ3n) is 2.77. The summed E-state index contributed by atoms with van der Waals surface area (Å²) < 4.78 is 5.31. The van der Waals surface area contributed by atoms with E-state index < -0.39 is 18.4 Å². The van der Waals surface area contributed by atoms with Gasteiger partial charge in [-0.3, -0.25) is 14.5 Å². The quantitative estimate of drug-likeness (QED) is 0.414. The molecule has 1 aliphatic heterocycles. The largest absolute Gasteiger partial charge is 0.394 e. The number of nitrogens with one attached hydrogen (secondary N) is 1. The minimum absolute atomic E-state index is 0.196. The topological polar surface area (TPSA) is 99.1 Å². The van der Waals surface area contributed by atoms with Crippen molar-refractivity contribution in [2.75, 3.05) is 13.7 Å². The summed E-state index contributed by atoms with van der Waals surface area (Å²) >= 11 is 0. The zero-order valence-corrected chi connectivity index (χ0v) is 10.4. The van der Waals surface area contributed by atoms with Crippen LogP contribution in [-0.4, -0.2) is 59.5 Å². The molecule has 0 aliphatic carbocycles. The first kappa shape index (κ1) is 14.6. The van der Waals surface area contributed by atoms with Crippen molar-refractivity contribution in [2.24, 2.45) is 0 Å². The van der Waals surface area contributed by atoms with E-state index in [-0.39, 0.29) is 18.9 Å². The van der Waals surface area contributed by atoms with Gasteiger partial charge in [0, 0.05) is 25.2 Å². The molecular weight excluding hydrogens is 240 g/mol. The smallest absolute Gasteiger partial charge is 0.248 e. The van der Waals surface area contributed by atoms with Crippen LogP contribution >= 0.6 is 0 Å². The summed E-state index contributed by atoms with van der Waals surface area (Å²) in [6.07, 6.45) is -0.134. The zero-order chi connectivity index (χ0) is 13.7. The molecule has 3 atom stereocenters. The van der Waals surface area contributed by atoms with Crippen LogP contribution in [0.3, 0.4) is 0 Å². The second-order valence-corrected chi connectivity index (χ2v) is 4.06. The molecular formula is C11H18N2O5. The Bertz CT molecular complexity index is 344. The van der Waals surface area contributed by atoms with Gasteiger partial charge in [0.1, 0.15) is 12.3 Å². The van der Waals surface area contributed by atoms with E-state index in [9.17, 15) is 14.7 Å². The highest BCUT2D eigenvalue weighted by molar-refractivity contribution is 5.92. The van der Waals surface area contributed by atoms with Crippen molar-refractivity contribution in [3.63, 3.8) is 0 Å². The summed E-state index contributed by atoms with van der Waals surface area (Å²) in [6, 6.07) is 0. The van der Waals surface area contributed by atoms with Crippen molar-refractivity contribution in [1.82, 2.24) is 10.2 Å². The average Bonchev–Trinajstić information content (AvgIpc) is 2.75. The van der Waals surface area contributed by atoms with Crippen LogP contribution in [0.15, 0.2) is 11.8 Å². The Balaban J connectivity index is 2.74. The highest BCUT2D eigenvalue weighted by atomic mass is 16.5. The molecule has 7 nitrogen and oxygen atoms in total. The Labute approximate surface area is 105 Å². The maximum absolute atomic E-state index is 11.3. The van der Waals surface area contributed by atoms with Gasteiger partial charge in [0.25, 0.3) is 0 Å². The summed E-state index contributed by atoms with van der Waals surface area (Å²) in [5, 5.41) is 20.9. The summed E-state index contributed by atoms with van der Waals surface area (Å²) in [7, 11) is 1.49. The lowest BCUT2D eigenvalue weighted by atomic mass is 10.2. The second kappa shape index (κ2) is 6.48. The molecule has 0 aromatic rings. The van der Waals surface area contributed by atoms with Gasteiger partial charge in [-0.2, -0.15) is 0 Å². The van der Waals surface area contributed by atoms with Crippen molar-refractivity contribution in [3.05, 3.63) is 11.8 Å². The Kier molecular flexibility index (Phi) is 5.26. The van der Waals surface area contributed by atoms with Gasteiger partial charge in [-0.05, 0) is 6.92 Å². The van der Waals surface area contributed by atoms with Crippen LogP contribution in [0.2, 0.25) is 0 Å². The SMILES string of the molecule is CNC(=O)/C(C)=C\N(C=O)[C@H]1CC(O)[C@@H](CO)O1. The standard InChI is InChI=1S/C11H18N2O5/c1-7(11(17)12-2)4-13(6-15)10-3-8(16)9(5-14)18-10/h4,6,8-10,14,16H,3,5H2,1-2H3,(H,12,17)/b7-4-/t8?,9-,10-/m1/s1. The Morgan fingerprint density at radius 3 is 2.72 bits per heavy atom. The number of ether oxygens (including phenoxy) is 1. The zero-order valence-electron chi connectivity index (χ0n) is 10.4. The van der Waals surface area contributed by atoms with Gasteiger partial charge in [-0.25, -0.2) is 0 Å². The van der Waals surface area contributed by atoms with Crippen LogP contribution in [0.5, 0.6) is 0 Å². The first-order chi connectivity index (χ1) is 8.53. The van der Waals surface area contributed by atoms with Crippen LogP contribution < -0.4 is 5.32 Å². The molecule has 1 unspecified atom stereocenters. The number of nitrogens with zero attached hydrogens (tertiary/aromatic N) is 1. The monoisotopic (exact) mass is 258 g/mol. The number of likely N-dealkylation sites (N-methyl/N-ethyl adjacent to an activating group) is 1. The number of aliphatic hydroxyl groups is 2. The summed E-state index contributed by atoms with van der Waals surface area (Å²) in [5.41, 5.74) is 0.343. The first-order valence-corrected chi connectivity index (χ1v) is 5.61. The molecule has 0 spiro atoms. The highest BCUT2D eigenvalue weighted by Crippen LogP contribution is 2.23. The molecule has 0 bridgehead atoms. The molecule has 0 aromatic heterocycles. The van der Waals surface area contributed by atoms with Crippen molar-refractivity contribution >= 4 is 12.3 Å². The molecule has 3 N–H and O–H groups in total. The van der Waals surface area contributed by atoms with Crippen molar-refractivity contribution < 1.29 is 24.5 Å². The van der Waals surface area contributed by atoms with Gasteiger partial charge in [-0.15, -0.1) is 0 Å². The van der Waals surface area contributed by atoms with Crippen LogP contribution in [0.4, 0.5) is 0 Å². The van der Waals surface area contributed by atoms with E-state index in [0.29, 0.717) is 12.0 Å². The number of carbonyl (C=O) groups excluding carboxylic acids is 2. The Morgan fingerprint density at radius 1 is 1.61 bits per heavy atom. The average molecular weight is 258 g/mol. The fraction of sp³-hybridized carbons (Fsp3) is 0.636. The number of hydrogen-bond acceptors (Lipinski definition) is 5. The van der Waals surface area contributed by atoms with Crippen molar-refractivity contribution in [1.29, 1.82) is 0 Å². The number of aliphatic hydroxyl groups excluding tert-OH is 2. The molecule has 1 heterocycles. The molecule has 102 valence electrons. The summed E-state index contributed by atoms with van der Waals surface area (Å²) in [4.78, 5) is 23.4. The molecule has 0 aromatic carbocycles. The lowest BCUT2D eigenvalue weighted by Crippen LogP contribution is -2.32. The van der Waals surface area contributed by atoms with Gasteiger partial charge in [0.15, 0.2) is 0 Å². The first-order valence-electron chi connectivity index (χ1n) is 5.61. The van der Waals surface area contributed by atoms with Crippen LogP contribution in [-0.2, 0) is 14.3 Å². The fourth-order valence-corrected chi connectivity index (χ4v) is 1.72. The maximum Gasteiger partial charge on any atom is 0.248 e. The normalized spacial score (nSPS) is 28.0. The molecule has 1 fully saturated rings. The number of amides is 2. The number of rotatable bonds is 5. The fourth-order valence-electron chi connectivity index (χ4n) is 1.72. The second-order valence-electron chi connectivity index (χ2n) is 4.06. The maximum atomic E-state index is 11.3. The van der Waals surface area contributed by atoms with E-state index in [2.05, 4.69) is 5.32 Å². The van der Waals surface area contributed by atoms with Gasteiger partial charge < -0.3 is 20.3 Å². The molecule has 7 heteroatoms. The Morgan fingerprint density at radius 2 is 2.28 bits per heavy atom.